The average Bonchev–Trinajstić information content (AvgIpc) is 2.32. The van der Waals surface area contributed by atoms with Crippen LogP contribution in [-0.2, 0) is 0 Å². The molecule has 1 heterocycles. The largest absolute Gasteiger partial charge is 0.314 e. The van der Waals surface area contributed by atoms with Gasteiger partial charge in [-0.1, -0.05) is 42.5 Å². The van der Waals surface area contributed by atoms with Crippen molar-refractivity contribution in [2.45, 2.75) is 0 Å². The average molecular weight is 239 g/mol. The second kappa shape index (κ2) is 7.44. The quantitative estimate of drug-likeness (QED) is 0.867. The van der Waals surface area contributed by atoms with Crippen LogP contribution in [0, 0.1) is 0 Å². The summed E-state index contributed by atoms with van der Waals surface area (Å²) in [6.07, 6.45) is 4.45. The van der Waals surface area contributed by atoms with E-state index in [0.29, 0.717) is 0 Å². The Morgan fingerprint density at radius 1 is 1.12 bits per heavy atom. The maximum atomic E-state index is 3.36. The van der Waals surface area contributed by atoms with Gasteiger partial charge in [-0.2, -0.15) is 0 Å². The number of piperazine rings is 1. The van der Waals surface area contributed by atoms with E-state index in [-0.39, 0.29) is 12.4 Å². The predicted molar refractivity (Wildman–Crippen MR) is 72.0 cm³/mol. The lowest BCUT2D eigenvalue weighted by Crippen LogP contribution is -2.43. The molecule has 1 fully saturated rings. The zero-order valence-electron chi connectivity index (χ0n) is 9.43. The van der Waals surface area contributed by atoms with Gasteiger partial charge in [0.05, 0.1) is 0 Å². The van der Waals surface area contributed by atoms with Crippen LogP contribution in [0.1, 0.15) is 5.56 Å². The first-order valence-electron chi connectivity index (χ1n) is 5.60. The van der Waals surface area contributed by atoms with Gasteiger partial charge in [0.15, 0.2) is 0 Å². The molecule has 0 spiro atoms. The summed E-state index contributed by atoms with van der Waals surface area (Å²) in [5.41, 5.74) is 1.28. The molecule has 0 amide bonds. The first-order valence-corrected chi connectivity index (χ1v) is 5.60. The molecule has 0 radical (unpaired) electrons. The highest BCUT2D eigenvalue weighted by Gasteiger charge is 2.06. The number of hydrogen-bond acceptors (Lipinski definition) is 2. The van der Waals surface area contributed by atoms with Gasteiger partial charge in [-0.25, -0.2) is 0 Å². The summed E-state index contributed by atoms with van der Waals surface area (Å²) in [6.45, 7) is 5.65. The van der Waals surface area contributed by atoms with E-state index in [1.165, 1.54) is 18.7 Å². The normalized spacial score (nSPS) is 17.2. The Morgan fingerprint density at radius 2 is 1.81 bits per heavy atom. The van der Waals surface area contributed by atoms with E-state index < -0.39 is 0 Å². The van der Waals surface area contributed by atoms with Gasteiger partial charge in [-0.05, 0) is 5.56 Å². The maximum Gasteiger partial charge on any atom is 0.0167 e. The third kappa shape index (κ3) is 4.35. The van der Waals surface area contributed by atoms with Crippen molar-refractivity contribution in [2.24, 2.45) is 0 Å². The maximum absolute atomic E-state index is 3.36. The van der Waals surface area contributed by atoms with E-state index in [1.54, 1.807) is 0 Å². The van der Waals surface area contributed by atoms with E-state index in [1.807, 2.05) is 6.07 Å². The fraction of sp³-hybridized carbons (Fsp3) is 0.385. The van der Waals surface area contributed by atoms with Crippen molar-refractivity contribution in [2.75, 3.05) is 32.7 Å². The third-order valence-electron chi connectivity index (χ3n) is 2.68. The van der Waals surface area contributed by atoms with Gasteiger partial charge in [0.1, 0.15) is 0 Å². The van der Waals surface area contributed by atoms with E-state index in [0.717, 1.165) is 19.6 Å². The van der Waals surface area contributed by atoms with Gasteiger partial charge in [-0.3, -0.25) is 4.90 Å². The first-order chi connectivity index (χ1) is 7.45. The van der Waals surface area contributed by atoms with Crippen molar-refractivity contribution in [3.8, 4) is 0 Å². The van der Waals surface area contributed by atoms with Crippen LogP contribution in [0.3, 0.4) is 0 Å². The lowest BCUT2D eigenvalue weighted by atomic mass is 10.2. The Balaban J connectivity index is 0.00000128. The molecule has 88 valence electrons. The fourth-order valence-electron chi connectivity index (χ4n) is 1.80. The minimum absolute atomic E-state index is 0. The second-order valence-electron chi connectivity index (χ2n) is 3.86. The lowest BCUT2D eigenvalue weighted by Gasteiger charge is -2.25. The molecule has 1 N–H and O–H groups in total. The van der Waals surface area contributed by atoms with Crippen molar-refractivity contribution in [3.05, 3.63) is 42.0 Å². The predicted octanol–water partition coefficient (Wildman–Crippen LogP) is 2.03. The van der Waals surface area contributed by atoms with Gasteiger partial charge in [0, 0.05) is 32.7 Å². The molecule has 2 nitrogen and oxygen atoms in total. The standard InChI is InChI=1S/C13H18N2.ClH/c1-2-5-13(6-3-1)7-4-10-15-11-8-14-9-12-15;/h1-7,14H,8-12H2;1H. The Bertz CT molecular complexity index is 305. The second-order valence-corrected chi connectivity index (χ2v) is 3.86. The van der Waals surface area contributed by atoms with Gasteiger partial charge >= 0.3 is 0 Å². The summed E-state index contributed by atoms with van der Waals surface area (Å²) >= 11 is 0. The van der Waals surface area contributed by atoms with Crippen LogP contribution >= 0.6 is 12.4 Å². The minimum atomic E-state index is 0. The molecule has 0 aliphatic carbocycles. The molecule has 2 rings (SSSR count). The van der Waals surface area contributed by atoms with Crippen LogP contribution in [0.15, 0.2) is 36.4 Å². The summed E-state index contributed by atoms with van der Waals surface area (Å²) in [5, 5.41) is 3.36. The number of nitrogens with one attached hydrogen (secondary N) is 1. The Morgan fingerprint density at radius 3 is 2.50 bits per heavy atom. The van der Waals surface area contributed by atoms with Crippen LogP contribution in [0.25, 0.3) is 6.08 Å². The number of hydrogen-bond donors (Lipinski definition) is 1. The molecule has 1 aliphatic rings. The van der Waals surface area contributed by atoms with Crippen LogP contribution < -0.4 is 5.32 Å². The Labute approximate surface area is 104 Å². The van der Waals surface area contributed by atoms with Crippen LogP contribution in [0.5, 0.6) is 0 Å². The summed E-state index contributed by atoms with van der Waals surface area (Å²) in [7, 11) is 0. The number of benzene rings is 1. The highest BCUT2D eigenvalue weighted by molar-refractivity contribution is 5.85. The molecule has 0 saturated carbocycles. The van der Waals surface area contributed by atoms with Gasteiger partial charge in [0.2, 0.25) is 0 Å². The molecular weight excluding hydrogens is 220 g/mol. The summed E-state index contributed by atoms with van der Waals surface area (Å²) in [6, 6.07) is 10.5. The lowest BCUT2D eigenvalue weighted by molar-refractivity contribution is 0.265. The molecule has 1 aliphatic heterocycles. The fourth-order valence-corrected chi connectivity index (χ4v) is 1.80. The van der Waals surface area contributed by atoms with Gasteiger partial charge in [0.25, 0.3) is 0 Å². The van der Waals surface area contributed by atoms with E-state index in [9.17, 15) is 0 Å². The first kappa shape index (κ1) is 13.2. The van der Waals surface area contributed by atoms with Gasteiger partial charge in [-0.15, -0.1) is 12.4 Å². The van der Waals surface area contributed by atoms with E-state index >= 15 is 0 Å². The van der Waals surface area contributed by atoms with Gasteiger partial charge < -0.3 is 5.32 Å². The molecule has 0 unspecified atom stereocenters. The Hall–Kier alpha value is -0.830. The summed E-state index contributed by atoms with van der Waals surface area (Å²) in [5.74, 6) is 0. The summed E-state index contributed by atoms with van der Waals surface area (Å²) in [4.78, 5) is 2.47. The molecule has 1 aromatic carbocycles. The van der Waals surface area contributed by atoms with Crippen LogP contribution in [0.4, 0.5) is 0 Å². The topological polar surface area (TPSA) is 15.3 Å². The Kier molecular flexibility index (Phi) is 6.16. The highest BCUT2D eigenvalue weighted by Crippen LogP contribution is 2.01. The molecule has 16 heavy (non-hydrogen) atoms. The molecule has 3 heteroatoms. The molecular formula is C13H19ClN2. The smallest absolute Gasteiger partial charge is 0.0167 e. The molecule has 0 atom stereocenters. The third-order valence-corrected chi connectivity index (χ3v) is 2.68. The molecule has 1 aromatic rings. The number of rotatable bonds is 3. The van der Waals surface area contributed by atoms with Crippen molar-refractivity contribution in [1.82, 2.24) is 10.2 Å². The SMILES string of the molecule is C(=Cc1ccccc1)CN1CCNCC1.Cl. The van der Waals surface area contributed by atoms with E-state index in [2.05, 4.69) is 46.6 Å². The van der Waals surface area contributed by atoms with Crippen molar-refractivity contribution in [1.29, 1.82) is 0 Å². The minimum Gasteiger partial charge on any atom is -0.314 e. The monoisotopic (exact) mass is 238 g/mol. The van der Waals surface area contributed by atoms with Crippen LogP contribution in [0.2, 0.25) is 0 Å². The zero-order valence-corrected chi connectivity index (χ0v) is 10.2. The van der Waals surface area contributed by atoms with Crippen molar-refractivity contribution < 1.29 is 0 Å². The molecule has 1 saturated heterocycles. The summed E-state index contributed by atoms with van der Waals surface area (Å²) < 4.78 is 0. The molecule has 0 aromatic heterocycles. The van der Waals surface area contributed by atoms with E-state index in [4.69, 9.17) is 0 Å². The van der Waals surface area contributed by atoms with Crippen molar-refractivity contribution >= 4 is 18.5 Å². The number of nitrogens with zero attached hydrogens (tertiary/aromatic N) is 1. The number of halogens is 1. The molecule has 0 bridgehead atoms. The highest BCUT2D eigenvalue weighted by atomic mass is 35.5. The zero-order chi connectivity index (χ0) is 10.3. The van der Waals surface area contributed by atoms with Crippen LogP contribution in [-0.4, -0.2) is 37.6 Å². The van der Waals surface area contributed by atoms with Crippen molar-refractivity contribution in [3.63, 3.8) is 0 Å².